The highest BCUT2D eigenvalue weighted by atomic mass is 32.2. The van der Waals surface area contributed by atoms with E-state index in [1.807, 2.05) is 30.1 Å². The second kappa shape index (κ2) is 6.34. The Morgan fingerprint density at radius 1 is 1.43 bits per heavy atom. The van der Waals surface area contributed by atoms with Gasteiger partial charge in [-0.3, -0.25) is 19.4 Å². The Bertz CT molecular complexity index is 677. The van der Waals surface area contributed by atoms with Gasteiger partial charge >= 0.3 is 0 Å². The van der Waals surface area contributed by atoms with Crippen LogP contribution in [0.25, 0.3) is 0 Å². The number of thioether (sulfide) groups is 1. The predicted octanol–water partition coefficient (Wildman–Crippen LogP) is 1.83. The van der Waals surface area contributed by atoms with Crippen LogP contribution in [0.15, 0.2) is 24.3 Å². The Hall–Kier alpha value is -1.84. The van der Waals surface area contributed by atoms with Gasteiger partial charge in [-0.25, -0.2) is 0 Å². The normalized spacial score (nSPS) is 24.0. The van der Waals surface area contributed by atoms with E-state index in [-0.39, 0.29) is 11.8 Å². The van der Waals surface area contributed by atoms with Crippen LogP contribution in [0.4, 0.5) is 0 Å². The van der Waals surface area contributed by atoms with Crippen molar-refractivity contribution in [2.45, 2.75) is 19.4 Å². The van der Waals surface area contributed by atoms with E-state index in [2.05, 4.69) is 6.07 Å². The molecule has 0 radical (unpaired) electrons. The highest BCUT2D eigenvalue weighted by Gasteiger charge is 2.53. The zero-order chi connectivity index (χ0) is 16.4. The first-order valence-electron chi connectivity index (χ1n) is 7.64. The minimum Gasteiger partial charge on any atom is -0.284 e. The van der Waals surface area contributed by atoms with E-state index < -0.39 is 5.41 Å². The minimum absolute atomic E-state index is 0.00914. The maximum Gasteiger partial charge on any atom is 0.237 e. The second-order valence-corrected chi connectivity index (χ2v) is 7.46. The fraction of sp³-hybridized carbons (Fsp3) is 0.471. The molecule has 2 heterocycles. The topological polar surface area (TPSA) is 64.4 Å². The highest BCUT2D eigenvalue weighted by molar-refractivity contribution is 7.99. The number of likely N-dealkylation sites (tertiary alicyclic amines) is 1. The molecule has 23 heavy (non-hydrogen) atoms. The molecule has 0 bridgehead atoms. The van der Waals surface area contributed by atoms with Gasteiger partial charge in [0.15, 0.2) is 0 Å². The van der Waals surface area contributed by atoms with Crippen molar-refractivity contribution in [3.63, 3.8) is 0 Å². The van der Waals surface area contributed by atoms with E-state index in [1.54, 1.807) is 17.8 Å². The average Bonchev–Trinajstić information content (AvgIpc) is 3.09. The number of carbonyl (C=O) groups is 2. The first-order chi connectivity index (χ1) is 11.0. The number of imide groups is 1. The molecule has 2 fully saturated rings. The Morgan fingerprint density at radius 3 is 2.96 bits per heavy atom. The van der Waals surface area contributed by atoms with Gasteiger partial charge in [-0.1, -0.05) is 12.1 Å². The molecule has 120 valence electrons. The van der Waals surface area contributed by atoms with E-state index >= 15 is 0 Å². The summed E-state index contributed by atoms with van der Waals surface area (Å²) >= 11 is 1.76. The van der Waals surface area contributed by atoms with E-state index in [0.717, 1.165) is 23.5 Å². The summed E-state index contributed by atoms with van der Waals surface area (Å²) in [6, 6.07) is 9.51. The zero-order valence-electron chi connectivity index (χ0n) is 13.1. The second-order valence-electron chi connectivity index (χ2n) is 6.35. The summed E-state index contributed by atoms with van der Waals surface area (Å²) in [4.78, 5) is 28.3. The summed E-state index contributed by atoms with van der Waals surface area (Å²) < 4.78 is 0. The van der Waals surface area contributed by atoms with E-state index in [0.29, 0.717) is 25.2 Å². The number of hydrogen-bond donors (Lipinski definition) is 0. The number of carbonyl (C=O) groups excluding carboxylic acids is 2. The fourth-order valence-electron chi connectivity index (χ4n) is 3.26. The molecule has 6 heteroatoms. The molecule has 2 amide bonds. The summed E-state index contributed by atoms with van der Waals surface area (Å²) in [7, 11) is 1.88. The van der Waals surface area contributed by atoms with E-state index in [4.69, 9.17) is 5.26 Å². The van der Waals surface area contributed by atoms with Gasteiger partial charge in [0.05, 0.1) is 23.7 Å². The number of nitrogens with zero attached hydrogens (tertiary/aromatic N) is 3. The van der Waals surface area contributed by atoms with Crippen molar-refractivity contribution >= 4 is 23.6 Å². The molecule has 3 rings (SSSR count). The quantitative estimate of drug-likeness (QED) is 0.789. The van der Waals surface area contributed by atoms with Gasteiger partial charge in [-0.05, 0) is 36.9 Å². The molecule has 2 aliphatic rings. The Balaban J connectivity index is 1.65. The Labute approximate surface area is 140 Å². The molecule has 2 aliphatic heterocycles. The first kappa shape index (κ1) is 16.0. The number of benzene rings is 1. The lowest BCUT2D eigenvalue weighted by Gasteiger charge is -2.25. The van der Waals surface area contributed by atoms with Crippen LogP contribution in [-0.4, -0.2) is 46.8 Å². The summed E-state index contributed by atoms with van der Waals surface area (Å²) in [5, 5.41) is 8.95. The maximum absolute atomic E-state index is 12.7. The van der Waals surface area contributed by atoms with Crippen molar-refractivity contribution in [3.8, 4) is 6.07 Å². The lowest BCUT2D eigenvalue weighted by atomic mass is 9.86. The molecule has 2 saturated heterocycles. The van der Waals surface area contributed by atoms with Gasteiger partial charge in [0.25, 0.3) is 0 Å². The van der Waals surface area contributed by atoms with Crippen LogP contribution < -0.4 is 0 Å². The van der Waals surface area contributed by atoms with Crippen LogP contribution in [0.3, 0.4) is 0 Å². The third kappa shape index (κ3) is 3.12. The van der Waals surface area contributed by atoms with Gasteiger partial charge < -0.3 is 0 Å². The molecule has 1 spiro atoms. The molecule has 1 unspecified atom stereocenters. The lowest BCUT2D eigenvalue weighted by molar-refractivity contribution is -0.143. The van der Waals surface area contributed by atoms with Crippen LogP contribution in [0.1, 0.15) is 24.0 Å². The number of nitriles is 1. The molecule has 0 aliphatic carbocycles. The lowest BCUT2D eigenvalue weighted by Crippen LogP contribution is -2.42. The van der Waals surface area contributed by atoms with E-state index in [9.17, 15) is 9.59 Å². The van der Waals surface area contributed by atoms with Crippen molar-refractivity contribution in [1.29, 1.82) is 5.26 Å². The SMILES string of the molecule is CN(Cc1cccc(C#N)c1)CN1C(=O)CC2(CCSC2)C1=O. The number of amides is 2. The highest BCUT2D eigenvalue weighted by Crippen LogP contribution is 2.44. The molecular weight excluding hydrogens is 310 g/mol. The van der Waals surface area contributed by atoms with E-state index in [1.165, 1.54) is 4.90 Å². The molecule has 1 aromatic rings. The summed E-state index contributed by atoms with van der Waals surface area (Å²) in [6.45, 7) is 0.898. The molecular formula is C17H19N3O2S. The monoisotopic (exact) mass is 329 g/mol. The summed E-state index contributed by atoms with van der Waals surface area (Å²) in [6.07, 6.45) is 1.17. The summed E-state index contributed by atoms with van der Waals surface area (Å²) in [5.41, 5.74) is 1.17. The average molecular weight is 329 g/mol. The molecule has 5 nitrogen and oxygen atoms in total. The molecule has 0 N–H and O–H groups in total. The van der Waals surface area contributed by atoms with Crippen molar-refractivity contribution in [2.24, 2.45) is 5.41 Å². The third-order valence-electron chi connectivity index (χ3n) is 4.48. The van der Waals surface area contributed by atoms with Crippen molar-refractivity contribution < 1.29 is 9.59 Å². The van der Waals surface area contributed by atoms with Crippen LogP contribution in [0.2, 0.25) is 0 Å². The largest absolute Gasteiger partial charge is 0.284 e. The fourth-order valence-corrected chi connectivity index (χ4v) is 4.70. The standard InChI is InChI=1S/C17H19N3O2S/c1-19(10-14-4-2-3-13(7-14)9-18)12-20-15(21)8-17(16(20)22)5-6-23-11-17/h2-4,7H,5-6,8,10-12H2,1H3. The van der Waals surface area contributed by atoms with Crippen LogP contribution in [0, 0.1) is 16.7 Å². The Kier molecular flexibility index (Phi) is 4.42. The van der Waals surface area contributed by atoms with Crippen LogP contribution in [0.5, 0.6) is 0 Å². The maximum atomic E-state index is 12.7. The van der Waals surface area contributed by atoms with Gasteiger partial charge in [-0.2, -0.15) is 17.0 Å². The minimum atomic E-state index is -0.441. The first-order valence-corrected chi connectivity index (χ1v) is 8.80. The molecule has 1 aromatic carbocycles. The van der Waals surface area contributed by atoms with Gasteiger partial charge in [0.2, 0.25) is 11.8 Å². The summed E-state index contributed by atoms with van der Waals surface area (Å²) in [5.74, 6) is 1.66. The van der Waals surface area contributed by atoms with Crippen molar-refractivity contribution in [3.05, 3.63) is 35.4 Å². The van der Waals surface area contributed by atoms with Crippen molar-refractivity contribution in [2.75, 3.05) is 25.2 Å². The molecule has 0 saturated carbocycles. The molecule has 1 atom stereocenters. The van der Waals surface area contributed by atoms with Gasteiger partial charge in [0.1, 0.15) is 0 Å². The van der Waals surface area contributed by atoms with Crippen molar-refractivity contribution in [1.82, 2.24) is 9.80 Å². The Morgan fingerprint density at radius 2 is 2.26 bits per heavy atom. The molecule has 0 aromatic heterocycles. The van der Waals surface area contributed by atoms with Crippen LogP contribution in [-0.2, 0) is 16.1 Å². The van der Waals surface area contributed by atoms with Gasteiger partial charge in [-0.15, -0.1) is 0 Å². The number of hydrogen-bond acceptors (Lipinski definition) is 5. The zero-order valence-corrected chi connectivity index (χ0v) is 13.9. The number of rotatable bonds is 4. The van der Waals surface area contributed by atoms with Crippen LogP contribution >= 0.6 is 11.8 Å². The smallest absolute Gasteiger partial charge is 0.237 e. The third-order valence-corrected chi connectivity index (χ3v) is 5.73. The predicted molar refractivity (Wildman–Crippen MR) is 88.3 cm³/mol. The van der Waals surface area contributed by atoms with Gasteiger partial charge in [0, 0.05) is 18.7 Å².